The number of nitrogens with zero attached hydrogens (tertiary/aromatic N) is 2. The first-order chi connectivity index (χ1) is 15.7. The van der Waals surface area contributed by atoms with Crippen molar-refractivity contribution in [3.8, 4) is 0 Å². The summed E-state index contributed by atoms with van der Waals surface area (Å²) >= 11 is 0. The van der Waals surface area contributed by atoms with Gasteiger partial charge in [-0.15, -0.1) is 0 Å². The number of ether oxygens (including phenoxy) is 1. The Kier molecular flexibility index (Phi) is 7.63. The van der Waals surface area contributed by atoms with Crippen molar-refractivity contribution in [3.63, 3.8) is 0 Å². The van der Waals surface area contributed by atoms with Crippen molar-refractivity contribution in [2.75, 3.05) is 11.9 Å². The van der Waals surface area contributed by atoms with Crippen LogP contribution in [0.4, 0.5) is 5.69 Å². The zero-order valence-corrected chi connectivity index (χ0v) is 19.8. The first kappa shape index (κ1) is 24.2. The lowest BCUT2D eigenvalue weighted by Crippen LogP contribution is -2.25. The summed E-state index contributed by atoms with van der Waals surface area (Å²) in [6, 6.07) is 11.4. The standard InChI is InChI=1S/C26H31N3O4/c1-16(2)19-9-7-10-20(17(3)4)25(19)28-22(30)14-33-23(31)12-13-29-15-27-24-18(5)8-6-11-21(24)26(29)32/h6-11,15-17H,12-14H2,1-5H3,(H,28,30). The van der Waals surface area contributed by atoms with E-state index >= 15 is 0 Å². The second-order valence-corrected chi connectivity index (χ2v) is 8.79. The number of carbonyl (C=O) groups excluding carboxylic acids is 2. The van der Waals surface area contributed by atoms with Crippen LogP contribution < -0.4 is 10.9 Å². The molecule has 3 rings (SSSR count). The minimum atomic E-state index is -0.553. The van der Waals surface area contributed by atoms with Gasteiger partial charge in [-0.1, -0.05) is 58.0 Å². The Morgan fingerprint density at radius 3 is 2.30 bits per heavy atom. The minimum absolute atomic E-state index is 0.0357. The van der Waals surface area contributed by atoms with Crippen molar-refractivity contribution in [2.24, 2.45) is 0 Å². The lowest BCUT2D eigenvalue weighted by Gasteiger charge is -2.20. The van der Waals surface area contributed by atoms with Gasteiger partial charge in [0.05, 0.1) is 23.7 Å². The normalized spacial score (nSPS) is 11.2. The van der Waals surface area contributed by atoms with Crippen LogP contribution in [0.25, 0.3) is 10.9 Å². The van der Waals surface area contributed by atoms with Gasteiger partial charge in [-0.05, 0) is 41.5 Å². The highest BCUT2D eigenvalue weighted by molar-refractivity contribution is 5.94. The predicted octanol–water partition coefficient (Wildman–Crippen LogP) is 4.52. The average Bonchev–Trinajstić information content (AvgIpc) is 2.77. The van der Waals surface area contributed by atoms with Crippen LogP contribution in [0.2, 0.25) is 0 Å². The van der Waals surface area contributed by atoms with Gasteiger partial charge in [-0.3, -0.25) is 19.0 Å². The van der Waals surface area contributed by atoms with Gasteiger partial charge in [0.25, 0.3) is 11.5 Å². The summed E-state index contributed by atoms with van der Waals surface area (Å²) < 4.78 is 6.54. The van der Waals surface area contributed by atoms with Gasteiger partial charge in [-0.2, -0.15) is 0 Å². The maximum atomic E-state index is 12.6. The zero-order valence-electron chi connectivity index (χ0n) is 19.8. The molecule has 7 nitrogen and oxygen atoms in total. The van der Waals surface area contributed by atoms with Crippen LogP contribution in [0.1, 0.15) is 62.6 Å². The van der Waals surface area contributed by atoms with Crippen molar-refractivity contribution in [1.29, 1.82) is 0 Å². The Bertz CT molecular complexity index is 1200. The number of fused-ring (bicyclic) bond motifs is 1. The Balaban J connectivity index is 1.60. The van der Waals surface area contributed by atoms with E-state index in [1.54, 1.807) is 12.1 Å². The van der Waals surface area contributed by atoms with Crippen LogP contribution in [0.5, 0.6) is 0 Å². The van der Waals surface area contributed by atoms with Crippen LogP contribution in [0.3, 0.4) is 0 Å². The lowest BCUT2D eigenvalue weighted by molar-refractivity contribution is -0.147. The van der Waals surface area contributed by atoms with E-state index in [1.165, 1.54) is 10.9 Å². The number of aryl methyl sites for hydroxylation is 2. The molecule has 0 unspecified atom stereocenters. The third-order valence-electron chi connectivity index (χ3n) is 5.61. The Morgan fingerprint density at radius 2 is 1.67 bits per heavy atom. The molecule has 7 heteroatoms. The maximum Gasteiger partial charge on any atom is 0.308 e. The molecule has 0 radical (unpaired) electrons. The lowest BCUT2D eigenvalue weighted by atomic mass is 9.92. The van der Waals surface area contributed by atoms with E-state index in [0.29, 0.717) is 10.9 Å². The van der Waals surface area contributed by atoms with E-state index in [9.17, 15) is 14.4 Å². The summed E-state index contributed by atoms with van der Waals surface area (Å²) in [7, 11) is 0. The fraction of sp³-hybridized carbons (Fsp3) is 0.385. The Morgan fingerprint density at radius 1 is 1.03 bits per heavy atom. The van der Waals surface area contributed by atoms with E-state index in [0.717, 1.165) is 22.4 Å². The van der Waals surface area contributed by atoms with Crippen molar-refractivity contribution >= 4 is 28.5 Å². The second-order valence-electron chi connectivity index (χ2n) is 8.79. The van der Waals surface area contributed by atoms with Crippen molar-refractivity contribution in [3.05, 3.63) is 69.8 Å². The maximum absolute atomic E-state index is 12.6. The molecule has 0 saturated carbocycles. The Hall–Kier alpha value is -3.48. The number of para-hydroxylation sites is 2. The number of amides is 1. The first-order valence-corrected chi connectivity index (χ1v) is 11.2. The largest absolute Gasteiger partial charge is 0.456 e. The van der Waals surface area contributed by atoms with Crippen molar-refractivity contribution < 1.29 is 14.3 Å². The van der Waals surface area contributed by atoms with Gasteiger partial charge in [0.2, 0.25) is 0 Å². The molecule has 0 bridgehead atoms. The molecule has 33 heavy (non-hydrogen) atoms. The van der Waals surface area contributed by atoms with Crippen LogP contribution >= 0.6 is 0 Å². The van der Waals surface area contributed by atoms with Crippen LogP contribution in [-0.4, -0.2) is 28.0 Å². The smallest absolute Gasteiger partial charge is 0.308 e. The van der Waals surface area contributed by atoms with Gasteiger partial charge in [0.15, 0.2) is 6.61 Å². The summed E-state index contributed by atoms with van der Waals surface area (Å²) in [5.74, 6) is -0.473. The van der Waals surface area contributed by atoms with Crippen LogP contribution in [0, 0.1) is 6.92 Å². The van der Waals surface area contributed by atoms with E-state index in [4.69, 9.17) is 4.74 Å². The quantitative estimate of drug-likeness (QED) is 0.511. The number of anilines is 1. The monoisotopic (exact) mass is 449 g/mol. The number of aromatic nitrogens is 2. The highest BCUT2D eigenvalue weighted by Gasteiger charge is 2.17. The average molecular weight is 450 g/mol. The highest BCUT2D eigenvalue weighted by atomic mass is 16.5. The van der Waals surface area contributed by atoms with Crippen molar-refractivity contribution in [1.82, 2.24) is 9.55 Å². The van der Waals surface area contributed by atoms with Crippen LogP contribution in [0.15, 0.2) is 47.5 Å². The highest BCUT2D eigenvalue weighted by Crippen LogP contribution is 2.32. The number of hydrogen-bond acceptors (Lipinski definition) is 5. The van der Waals surface area contributed by atoms with Gasteiger partial charge in [-0.25, -0.2) is 4.98 Å². The molecule has 0 saturated heterocycles. The topological polar surface area (TPSA) is 90.3 Å². The summed E-state index contributed by atoms with van der Waals surface area (Å²) in [6.07, 6.45) is 1.40. The zero-order chi connectivity index (χ0) is 24.1. The van der Waals surface area contributed by atoms with Crippen LogP contribution in [-0.2, 0) is 20.9 Å². The molecule has 0 spiro atoms. The summed E-state index contributed by atoms with van der Waals surface area (Å²) in [4.78, 5) is 41.7. The summed E-state index contributed by atoms with van der Waals surface area (Å²) in [5.41, 5.74) is 4.23. The number of carbonyl (C=O) groups is 2. The molecule has 1 aromatic heterocycles. The molecule has 1 amide bonds. The van der Waals surface area contributed by atoms with Gasteiger partial charge >= 0.3 is 5.97 Å². The molecule has 1 heterocycles. The van der Waals surface area contributed by atoms with E-state index in [2.05, 4.69) is 38.0 Å². The fourth-order valence-electron chi connectivity index (χ4n) is 3.80. The minimum Gasteiger partial charge on any atom is -0.456 e. The molecular formula is C26H31N3O4. The van der Waals surface area contributed by atoms with Gasteiger partial charge in [0, 0.05) is 12.2 Å². The molecular weight excluding hydrogens is 418 g/mol. The molecule has 0 aliphatic carbocycles. The summed E-state index contributed by atoms with van der Waals surface area (Å²) in [6.45, 7) is 9.92. The molecule has 0 aliphatic heterocycles. The SMILES string of the molecule is Cc1cccc2c(=O)n(CCC(=O)OCC(=O)Nc3c(C(C)C)cccc3C(C)C)cnc12. The number of benzene rings is 2. The van der Waals surface area contributed by atoms with E-state index in [-0.39, 0.29) is 37.0 Å². The fourth-order valence-corrected chi connectivity index (χ4v) is 3.80. The van der Waals surface area contributed by atoms with Crippen molar-refractivity contribution in [2.45, 2.75) is 59.4 Å². The predicted molar refractivity (Wildman–Crippen MR) is 130 cm³/mol. The number of hydrogen-bond donors (Lipinski definition) is 1. The molecule has 0 atom stereocenters. The third kappa shape index (κ3) is 5.66. The molecule has 1 N–H and O–H groups in total. The van der Waals surface area contributed by atoms with Gasteiger partial charge < -0.3 is 10.1 Å². The summed E-state index contributed by atoms with van der Waals surface area (Å²) in [5, 5.41) is 3.43. The second kappa shape index (κ2) is 10.4. The molecule has 2 aromatic carbocycles. The molecule has 0 aliphatic rings. The molecule has 0 fully saturated rings. The van der Waals surface area contributed by atoms with E-state index < -0.39 is 11.9 Å². The Labute approximate surface area is 193 Å². The third-order valence-corrected chi connectivity index (χ3v) is 5.61. The number of nitrogens with one attached hydrogen (secondary N) is 1. The molecule has 174 valence electrons. The number of esters is 1. The van der Waals surface area contributed by atoms with Gasteiger partial charge in [0.1, 0.15) is 0 Å². The van der Waals surface area contributed by atoms with E-state index in [1.807, 2.05) is 31.2 Å². The first-order valence-electron chi connectivity index (χ1n) is 11.2. The number of rotatable bonds is 8. The molecule has 3 aromatic rings.